The van der Waals surface area contributed by atoms with Gasteiger partial charge in [-0.25, -0.2) is 4.98 Å². The summed E-state index contributed by atoms with van der Waals surface area (Å²) in [4.78, 5) is 4.26. The van der Waals surface area contributed by atoms with Gasteiger partial charge in [0.25, 0.3) is 0 Å². The van der Waals surface area contributed by atoms with E-state index in [1.807, 2.05) is 7.05 Å². The number of benzene rings is 1. The Balaban J connectivity index is 1.62. The van der Waals surface area contributed by atoms with Crippen molar-refractivity contribution in [1.82, 2.24) is 20.1 Å². The minimum atomic E-state index is 0.434. The highest BCUT2D eigenvalue weighted by molar-refractivity contribution is 5.39. The van der Waals surface area contributed by atoms with Crippen LogP contribution in [0.2, 0.25) is 0 Å². The third-order valence-electron chi connectivity index (χ3n) is 4.05. The lowest BCUT2D eigenvalue weighted by Gasteiger charge is -2.26. The van der Waals surface area contributed by atoms with Crippen LogP contribution in [0.25, 0.3) is 0 Å². The van der Waals surface area contributed by atoms with Crippen LogP contribution in [0.15, 0.2) is 24.5 Å². The molecule has 1 N–H and O–H groups in total. The monoisotopic (exact) mass is 286 g/mol. The molecule has 0 saturated heterocycles. The van der Waals surface area contributed by atoms with Crippen molar-refractivity contribution in [2.24, 2.45) is 7.05 Å². The molecule has 5 heteroatoms. The topological polar surface area (TPSA) is 52.0 Å². The molecule has 1 aromatic carbocycles. The van der Waals surface area contributed by atoms with Crippen molar-refractivity contribution in [3.05, 3.63) is 41.5 Å². The van der Waals surface area contributed by atoms with Crippen LogP contribution in [0.3, 0.4) is 0 Å². The molecule has 5 nitrogen and oxygen atoms in total. The van der Waals surface area contributed by atoms with E-state index in [2.05, 4.69) is 33.6 Å². The lowest BCUT2D eigenvalue weighted by atomic mass is 9.87. The summed E-state index contributed by atoms with van der Waals surface area (Å²) in [5, 5.41) is 7.95. The van der Waals surface area contributed by atoms with Crippen LogP contribution in [0, 0.1) is 0 Å². The Morgan fingerprint density at radius 2 is 2.33 bits per heavy atom. The SMILES string of the molecule is COc1ccc2c(c1)CCCC2NCCc1ncn(C)n1. The Labute approximate surface area is 125 Å². The van der Waals surface area contributed by atoms with Gasteiger partial charge in [-0.1, -0.05) is 6.07 Å². The van der Waals surface area contributed by atoms with Crippen LogP contribution < -0.4 is 10.1 Å². The van der Waals surface area contributed by atoms with Crippen LogP contribution in [-0.4, -0.2) is 28.4 Å². The highest BCUT2D eigenvalue weighted by Gasteiger charge is 2.20. The Hall–Kier alpha value is -1.88. The minimum absolute atomic E-state index is 0.434. The van der Waals surface area contributed by atoms with Gasteiger partial charge in [0.05, 0.1) is 7.11 Å². The van der Waals surface area contributed by atoms with Gasteiger partial charge >= 0.3 is 0 Å². The maximum Gasteiger partial charge on any atom is 0.151 e. The molecular weight excluding hydrogens is 264 g/mol. The first kappa shape index (κ1) is 14.1. The Morgan fingerprint density at radius 1 is 1.43 bits per heavy atom. The summed E-state index contributed by atoms with van der Waals surface area (Å²) < 4.78 is 7.07. The number of hydrogen-bond donors (Lipinski definition) is 1. The number of hydrogen-bond acceptors (Lipinski definition) is 4. The molecule has 0 aliphatic heterocycles. The fraction of sp³-hybridized carbons (Fsp3) is 0.500. The average Bonchev–Trinajstić information content (AvgIpc) is 2.92. The third kappa shape index (κ3) is 3.24. The first-order valence-electron chi connectivity index (χ1n) is 7.51. The van der Waals surface area contributed by atoms with Crippen molar-refractivity contribution in [3.8, 4) is 5.75 Å². The first-order valence-corrected chi connectivity index (χ1v) is 7.51. The van der Waals surface area contributed by atoms with Crippen LogP contribution in [0.5, 0.6) is 5.75 Å². The van der Waals surface area contributed by atoms with Crippen molar-refractivity contribution in [3.63, 3.8) is 0 Å². The van der Waals surface area contributed by atoms with Gasteiger partial charge in [0.2, 0.25) is 0 Å². The summed E-state index contributed by atoms with van der Waals surface area (Å²) in [6.07, 6.45) is 6.17. The normalized spacial score (nSPS) is 17.5. The summed E-state index contributed by atoms with van der Waals surface area (Å²) in [6, 6.07) is 6.86. The van der Waals surface area contributed by atoms with Crippen molar-refractivity contribution < 1.29 is 4.74 Å². The lowest BCUT2D eigenvalue weighted by molar-refractivity contribution is 0.410. The predicted molar refractivity (Wildman–Crippen MR) is 81.4 cm³/mol. The highest BCUT2D eigenvalue weighted by Crippen LogP contribution is 2.32. The van der Waals surface area contributed by atoms with E-state index >= 15 is 0 Å². The number of nitrogens with zero attached hydrogens (tertiary/aromatic N) is 3. The van der Waals surface area contributed by atoms with E-state index < -0.39 is 0 Å². The number of methoxy groups -OCH3 is 1. The number of ether oxygens (including phenoxy) is 1. The zero-order chi connectivity index (χ0) is 14.7. The minimum Gasteiger partial charge on any atom is -0.497 e. The summed E-state index contributed by atoms with van der Waals surface area (Å²) in [5.74, 6) is 1.85. The standard InChI is InChI=1S/C16H22N4O/c1-20-11-18-16(19-20)8-9-17-15-5-3-4-12-10-13(21-2)6-7-14(12)15/h6-7,10-11,15,17H,3-5,8-9H2,1-2H3. The van der Waals surface area contributed by atoms with Crippen molar-refractivity contribution in [2.45, 2.75) is 31.7 Å². The van der Waals surface area contributed by atoms with Crippen molar-refractivity contribution in [2.75, 3.05) is 13.7 Å². The van der Waals surface area contributed by atoms with Crippen LogP contribution in [-0.2, 0) is 19.9 Å². The van der Waals surface area contributed by atoms with Gasteiger partial charge in [0, 0.05) is 26.1 Å². The van der Waals surface area contributed by atoms with Gasteiger partial charge in [-0.05, 0) is 42.5 Å². The second-order valence-electron chi connectivity index (χ2n) is 5.55. The smallest absolute Gasteiger partial charge is 0.151 e. The van der Waals surface area contributed by atoms with Gasteiger partial charge in [-0.3, -0.25) is 4.68 Å². The zero-order valence-electron chi connectivity index (χ0n) is 12.7. The fourth-order valence-electron chi connectivity index (χ4n) is 2.99. The van der Waals surface area contributed by atoms with Gasteiger partial charge in [-0.15, -0.1) is 0 Å². The van der Waals surface area contributed by atoms with Crippen LogP contribution in [0.1, 0.15) is 35.8 Å². The largest absolute Gasteiger partial charge is 0.497 e. The molecule has 1 aliphatic rings. The number of rotatable bonds is 5. The Morgan fingerprint density at radius 3 is 3.10 bits per heavy atom. The highest BCUT2D eigenvalue weighted by atomic mass is 16.5. The predicted octanol–water partition coefficient (Wildman–Crippen LogP) is 2.03. The van der Waals surface area contributed by atoms with E-state index in [4.69, 9.17) is 4.74 Å². The van der Waals surface area contributed by atoms with E-state index in [1.165, 1.54) is 24.0 Å². The summed E-state index contributed by atoms with van der Waals surface area (Å²) >= 11 is 0. The summed E-state index contributed by atoms with van der Waals surface area (Å²) in [6.45, 7) is 0.903. The van der Waals surface area contributed by atoms with E-state index in [1.54, 1.807) is 18.1 Å². The number of aromatic nitrogens is 3. The number of fused-ring (bicyclic) bond motifs is 1. The Kier molecular flexibility index (Phi) is 4.20. The lowest BCUT2D eigenvalue weighted by Crippen LogP contribution is -2.27. The zero-order valence-corrected chi connectivity index (χ0v) is 12.7. The molecule has 0 bridgehead atoms. The van der Waals surface area contributed by atoms with E-state index in [-0.39, 0.29) is 0 Å². The molecule has 112 valence electrons. The quantitative estimate of drug-likeness (QED) is 0.914. The van der Waals surface area contributed by atoms with Crippen LogP contribution in [0.4, 0.5) is 0 Å². The van der Waals surface area contributed by atoms with Gasteiger partial charge < -0.3 is 10.1 Å². The van der Waals surface area contributed by atoms with Crippen molar-refractivity contribution in [1.29, 1.82) is 0 Å². The van der Waals surface area contributed by atoms with Gasteiger partial charge in [-0.2, -0.15) is 5.10 Å². The van der Waals surface area contributed by atoms with E-state index in [0.717, 1.165) is 31.0 Å². The summed E-state index contributed by atoms with van der Waals surface area (Å²) in [7, 11) is 3.62. The summed E-state index contributed by atoms with van der Waals surface area (Å²) in [5.41, 5.74) is 2.82. The maximum atomic E-state index is 5.32. The molecule has 0 amide bonds. The molecule has 1 aliphatic carbocycles. The van der Waals surface area contributed by atoms with Gasteiger partial charge in [0.15, 0.2) is 5.82 Å². The number of nitrogens with one attached hydrogen (secondary N) is 1. The van der Waals surface area contributed by atoms with Gasteiger partial charge in [0.1, 0.15) is 12.1 Å². The van der Waals surface area contributed by atoms with Crippen molar-refractivity contribution >= 4 is 0 Å². The second-order valence-corrected chi connectivity index (χ2v) is 5.55. The van der Waals surface area contributed by atoms with E-state index in [9.17, 15) is 0 Å². The molecular formula is C16H22N4O. The molecule has 21 heavy (non-hydrogen) atoms. The third-order valence-corrected chi connectivity index (χ3v) is 4.05. The molecule has 1 atom stereocenters. The molecule has 0 spiro atoms. The number of aryl methyl sites for hydroxylation is 2. The fourth-order valence-corrected chi connectivity index (χ4v) is 2.99. The molecule has 1 aromatic heterocycles. The maximum absolute atomic E-state index is 5.32. The van der Waals surface area contributed by atoms with Crippen LogP contribution >= 0.6 is 0 Å². The molecule has 0 saturated carbocycles. The molecule has 1 unspecified atom stereocenters. The molecule has 0 fully saturated rings. The van der Waals surface area contributed by atoms with E-state index in [0.29, 0.717) is 6.04 Å². The average molecular weight is 286 g/mol. The molecule has 0 radical (unpaired) electrons. The Bertz CT molecular complexity index is 608. The second kappa shape index (κ2) is 6.26. The molecule has 2 aromatic rings. The first-order chi connectivity index (χ1) is 10.3. The molecule has 1 heterocycles. The molecule has 3 rings (SSSR count).